The molecule has 172 valence electrons. The van der Waals surface area contributed by atoms with E-state index in [1.165, 1.54) is 24.3 Å². The third kappa shape index (κ3) is 5.12. The van der Waals surface area contributed by atoms with Gasteiger partial charge in [-0.1, -0.05) is 54.6 Å². The molecule has 0 aromatic heterocycles. The second-order valence-corrected chi connectivity index (χ2v) is 7.59. The van der Waals surface area contributed by atoms with Crippen LogP contribution in [0.2, 0.25) is 0 Å². The summed E-state index contributed by atoms with van der Waals surface area (Å²) in [7, 11) is 0. The molecule has 3 aromatic carbocycles. The molecule has 0 radical (unpaired) electrons. The lowest BCUT2D eigenvalue weighted by Crippen LogP contribution is -2.30. The number of rotatable bonds is 6. The van der Waals surface area contributed by atoms with Crippen LogP contribution in [0.4, 0.5) is 5.69 Å². The average Bonchev–Trinajstić information content (AvgIpc) is 3.23. The molecule has 0 unspecified atom stereocenters. The van der Waals surface area contributed by atoms with E-state index in [9.17, 15) is 25.0 Å². The van der Waals surface area contributed by atoms with Gasteiger partial charge in [0.2, 0.25) is 0 Å². The van der Waals surface area contributed by atoms with Crippen LogP contribution >= 0.6 is 0 Å². The number of hydrogen-bond donors (Lipinski definition) is 2. The number of nitrogens with one attached hydrogen (secondary N) is 2. The highest BCUT2D eigenvalue weighted by Gasteiger charge is 2.27. The fourth-order valence-electron chi connectivity index (χ4n) is 3.59. The molecular weight excluding hydrogens is 446 g/mol. The molecule has 0 atom stereocenters. The van der Waals surface area contributed by atoms with Gasteiger partial charge in [0.1, 0.15) is 17.5 Å². The van der Waals surface area contributed by atoms with Crippen LogP contribution in [0.5, 0.6) is 0 Å². The lowest BCUT2D eigenvalue weighted by Gasteiger charge is -2.06. The molecule has 0 bridgehead atoms. The minimum Gasteiger partial charge on any atom is -0.351 e. The Morgan fingerprint density at radius 1 is 0.943 bits per heavy atom. The Morgan fingerprint density at radius 2 is 1.60 bits per heavy atom. The van der Waals surface area contributed by atoms with Gasteiger partial charge in [0.25, 0.3) is 17.5 Å². The fraction of sp³-hybridized carbons (Fsp3) is 0.0769. The molecule has 1 aliphatic rings. The monoisotopic (exact) mass is 465 g/mol. The Balaban J connectivity index is 1.56. The van der Waals surface area contributed by atoms with Gasteiger partial charge in [-0.05, 0) is 24.1 Å². The molecule has 9 nitrogen and oxygen atoms in total. The molecule has 3 aromatic rings. The van der Waals surface area contributed by atoms with E-state index in [2.05, 4.69) is 15.6 Å². The van der Waals surface area contributed by atoms with Gasteiger partial charge in [0.05, 0.1) is 10.6 Å². The van der Waals surface area contributed by atoms with Gasteiger partial charge >= 0.3 is 0 Å². The number of nitro benzene ring substituents is 1. The number of carbonyl (C=O) groups excluding carboxylic acids is 2. The first-order chi connectivity index (χ1) is 17.0. The topological polar surface area (TPSA) is 137 Å². The molecule has 2 N–H and O–H groups in total. The zero-order valence-electron chi connectivity index (χ0n) is 18.4. The van der Waals surface area contributed by atoms with E-state index < -0.39 is 16.7 Å². The zero-order valence-corrected chi connectivity index (χ0v) is 18.4. The summed E-state index contributed by atoms with van der Waals surface area (Å²) in [6.45, 7) is 0.344. The summed E-state index contributed by atoms with van der Waals surface area (Å²) in [5.41, 5.74) is 2.23. The van der Waals surface area contributed by atoms with Crippen molar-refractivity contribution < 1.29 is 14.5 Å². The van der Waals surface area contributed by atoms with Crippen LogP contribution in [-0.2, 0) is 11.2 Å². The number of nitriles is 1. The zero-order chi connectivity index (χ0) is 24.8. The number of fused-ring (bicyclic) bond motifs is 1. The van der Waals surface area contributed by atoms with Crippen molar-refractivity contribution in [1.82, 2.24) is 10.6 Å². The van der Waals surface area contributed by atoms with Gasteiger partial charge in [0.15, 0.2) is 0 Å². The summed E-state index contributed by atoms with van der Waals surface area (Å²) < 4.78 is 0. The molecule has 2 amide bonds. The molecular formula is C26H19N5O4. The number of amides is 2. The van der Waals surface area contributed by atoms with Crippen molar-refractivity contribution in [2.45, 2.75) is 6.42 Å². The maximum Gasteiger partial charge on any atom is 0.269 e. The molecule has 0 spiro atoms. The normalized spacial score (nSPS) is 13.2. The number of hydrogen-bond acceptors (Lipinski definition) is 6. The van der Waals surface area contributed by atoms with E-state index in [4.69, 9.17) is 0 Å². The Labute approximate surface area is 200 Å². The van der Waals surface area contributed by atoms with Crippen LogP contribution in [0.25, 0.3) is 5.70 Å². The third-order valence-electron chi connectivity index (χ3n) is 5.35. The SMILES string of the molecule is N#CC(C(=O)NCCc1ccccc1)=C1N=C(NC(=O)c2ccc([N+](=O)[O-])cc2)c2ccccc21. The van der Waals surface area contributed by atoms with Gasteiger partial charge in [-0.2, -0.15) is 5.26 Å². The summed E-state index contributed by atoms with van der Waals surface area (Å²) in [5, 5.41) is 26.0. The van der Waals surface area contributed by atoms with E-state index in [0.717, 1.165) is 5.56 Å². The van der Waals surface area contributed by atoms with Crippen molar-refractivity contribution in [2.75, 3.05) is 6.54 Å². The maximum atomic E-state index is 12.8. The second kappa shape index (κ2) is 10.2. The lowest BCUT2D eigenvalue weighted by molar-refractivity contribution is -0.384. The highest BCUT2D eigenvalue weighted by molar-refractivity contribution is 6.20. The van der Waals surface area contributed by atoms with Crippen LogP contribution in [0.1, 0.15) is 27.0 Å². The minimum absolute atomic E-state index is 0.132. The number of non-ortho nitro benzene ring substituents is 1. The van der Waals surface area contributed by atoms with Gasteiger partial charge in [-0.25, -0.2) is 4.99 Å². The molecule has 4 rings (SSSR count). The van der Waals surface area contributed by atoms with Crippen LogP contribution in [-0.4, -0.2) is 29.1 Å². The Morgan fingerprint density at radius 3 is 2.26 bits per heavy atom. The summed E-state index contributed by atoms with van der Waals surface area (Å²) in [5.74, 6) is -0.899. The minimum atomic E-state index is -0.556. The quantitative estimate of drug-likeness (QED) is 0.249. The van der Waals surface area contributed by atoms with Crippen LogP contribution < -0.4 is 10.6 Å². The van der Waals surface area contributed by atoms with Gasteiger partial charge in [-0.3, -0.25) is 19.7 Å². The van der Waals surface area contributed by atoms with Gasteiger partial charge in [-0.15, -0.1) is 0 Å². The van der Waals surface area contributed by atoms with Crippen molar-refractivity contribution in [2.24, 2.45) is 4.99 Å². The molecule has 0 saturated heterocycles. The highest BCUT2D eigenvalue weighted by Crippen LogP contribution is 2.30. The van der Waals surface area contributed by atoms with E-state index >= 15 is 0 Å². The molecule has 0 saturated carbocycles. The van der Waals surface area contributed by atoms with Gasteiger partial charge in [0, 0.05) is 35.4 Å². The number of benzene rings is 3. The second-order valence-electron chi connectivity index (χ2n) is 7.59. The molecule has 35 heavy (non-hydrogen) atoms. The number of carbonyl (C=O) groups is 2. The van der Waals surface area contributed by atoms with Crippen molar-refractivity contribution >= 4 is 29.0 Å². The highest BCUT2D eigenvalue weighted by atomic mass is 16.6. The molecule has 9 heteroatoms. The fourth-order valence-corrected chi connectivity index (χ4v) is 3.59. The molecule has 0 fully saturated rings. The first-order valence-electron chi connectivity index (χ1n) is 10.7. The predicted octanol–water partition coefficient (Wildman–Crippen LogP) is 3.38. The maximum absolute atomic E-state index is 12.8. The van der Waals surface area contributed by atoms with Crippen molar-refractivity contribution in [1.29, 1.82) is 5.26 Å². The standard InChI is InChI=1S/C26H19N5O4/c27-16-22(26(33)28-15-14-17-6-2-1-3-7-17)23-20-8-4-5-9-21(20)24(29-23)30-25(32)18-10-12-19(13-11-18)31(34)35/h1-13H,14-15H2,(H,28,33)(H,29,30,32). The molecule has 0 aliphatic carbocycles. The van der Waals surface area contributed by atoms with Crippen LogP contribution in [0, 0.1) is 21.4 Å². The molecule has 1 aliphatic heterocycles. The van der Waals surface area contributed by atoms with E-state index in [-0.39, 0.29) is 28.4 Å². The summed E-state index contributed by atoms with van der Waals surface area (Å²) >= 11 is 0. The predicted molar refractivity (Wildman–Crippen MR) is 129 cm³/mol. The van der Waals surface area contributed by atoms with Crippen LogP contribution in [0.15, 0.2) is 89.4 Å². The van der Waals surface area contributed by atoms with E-state index in [0.29, 0.717) is 24.1 Å². The number of nitro groups is 1. The Hall–Kier alpha value is -5.10. The smallest absolute Gasteiger partial charge is 0.269 e. The van der Waals surface area contributed by atoms with Crippen molar-refractivity contribution in [3.05, 3.63) is 117 Å². The summed E-state index contributed by atoms with van der Waals surface area (Å²) in [6.07, 6.45) is 0.608. The Kier molecular flexibility index (Phi) is 6.74. The number of aliphatic imine (C=N–C) groups is 1. The van der Waals surface area contributed by atoms with Gasteiger partial charge < -0.3 is 10.6 Å². The Bertz CT molecular complexity index is 1400. The van der Waals surface area contributed by atoms with Crippen molar-refractivity contribution in [3.63, 3.8) is 0 Å². The third-order valence-corrected chi connectivity index (χ3v) is 5.35. The van der Waals surface area contributed by atoms with E-state index in [1.807, 2.05) is 36.4 Å². The summed E-state index contributed by atoms with van der Waals surface area (Å²) in [6, 6.07) is 23.7. The first-order valence-corrected chi connectivity index (χ1v) is 10.7. The molecule has 1 heterocycles. The first kappa shape index (κ1) is 23.1. The lowest BCUT2D eigenvalue weighted by atomic mass is 10.0. The number of nitrogens with zero attached hydrogens (tertiary/aromatic N) is 3. The number of amidine groups is 1. The average molecular weight is 465 g/mol. The largest absolute Gasteiger partial charge is 0.351 e. The summed E-state index contributed by atoms with van der Waals surface area (Å²) in [4.78, 5) is 40.2. The van der Waals surface area contributed by atoms with Crippen molar-refractivity contribution in [3.8, 4) is 6.07 Å². The van der Waals surface area contributed by atoms with E-state index in [1.54, 1.807) is 24.3 Å². The van der Waals surface area contributed by atoms with Crippen LogP contribution in [0.3, 0.4) is 0 Å².